The molecule has 3 rings (SSSR count). The number of fused-ring (bicyclic) bond motifs is 1. The molecule has 1 aromatic heterocycles. The lowest BCUT2D eigenvalue weighted by Crippen LogP contribution is -2.37. The highest BCUT2D eigenvalue weighted by atomic mass is 19.3. The van der Waals surface area contributed by atoms with E-state index in [1.165, 1.54) is 0 Å². The normalized spacial score (nSPS) is 20.1. The van der Waals surface area contributed by atoms with Crippen LogP contribution in [0.25, 0.3) is 0 Å². The van der Waals surface area contributed by atoms with Crippen LogP contribution in [-0.4, -0.2) is 23.4 Å². The molecular weight excluding hydrogens is 276 g/mol. The second kappa shape index (κ2) is 5.24. The first-order chi connectivity index (χ1) is 9.93. The summed E-state index contributed by atoms with van der Waals surface area (Å²) in [7, 11) is 0. The highest BCUT2D eigenvalue weighted by Crippen LogP contribution is 2.44. The molecule has 1 fully saturated rings. The molecular formula is C15H19F2N3O. The van der Waals surface area contributed by atoms with Crippen LogP contribution in [0.5, 0.6) is 0 Å². The fraction of sp³-hybridized carbons (Fsp3) is 0.600. The van der Waals surface area contributed by atoms with Gasteiger partial charge in [0.05, 0.1) is 11.4 Å². The SMILES string of the molecule is Cc1cc2c(nc1NC(=O)CC1CC(F)(F)C1)CCCN2. The molecule has 1 saturated carbocycles. The first-order valence-corrected chi connectivity index (χ1v) is 7.35. The van der Waals surface area contributed by atoms with Gasteiger partial charge in [0.15, 0.2) is 0 Å². The van der Waals surface area contributed by atoms with E-state index in [-0.39, 0.29) is 31.1 Å². The van der Waals surface area contributed by atoms with Crippen molar-refractivity contribution >= 4 is 17.4 Å². The third kappa shape index (κ3) is 3.14. The Hall–Kier alpha value is -1.72. The molecule has 0 saturated heterocycles. The van der Waals surface area contributed by atoms with Crippen molar-refractivity contribution in [1.29, 1.82) is 0 Å². The fourth-order valence-corrected chi connectivity index (χ4v) is 2.98. The molecule has 0 aromatic carbocycles. The zero-order valence-electron chi connectivity index (χ0n) is 12.0. The average Bonchev–Trinajstić information content (AvgIpc) is 2.37. The van der Waals surface area contributed by atoms with Crippen LogP contribution in [-0.2, 0) is 11.2 Å². The van der Waals surface area contributed by atoms with Crippen LogP contribution in [0.1, 0.15) is 36.9 Å². The van der Waals surface area contributed by atoms with Gasteiger partial charge in [-0.3, -0.25) is 4.79 Å². The Kier molecular flexibility index (Phi) is 3.55. The van der Waals surface area contributed by atoms with Crippen molar-refractivity contribution in [2.75, 3.05) is 17.2 Å². The van der Waals surface area contributed by atoms with E-state index >= 15 is 0 Å². The van der Waals surface area contributed by atoms with Gasteiger partial charge in [0.2, 0.25) is 11.8 Å². The summed E-state index contributed by atoms with van der Waals surface area (Å²) in [6, 6.07) is 1.98. The van der Waals surface area contributed by atoms with Gasteiger partial charge in [-0.05, 0) is 37.3 Å². The number of amides is 1. The number of alkyl halides is 2. The number of anilines is 2. The van der Waals surface area contributed by atoms with Gasteiger partial charge in [0, 0.05) is 25.8 Å². The molecule has 0 atom stereocenters. The Morgan fingerprint density at radius 1 is 1.52 bits per heavy atom. The first kappa shape index (κ1) is 14.2. The standard InChI is InChI=1S/C15H19F2N3O/c1-9-5-12-11(3-2-4-18-12)19-14(9)20-13(21)6-10-7-15(16,17)8-10/h5,10,18H,2-4,6-8H2,1H3,(H,19,20,21). The Bertz CT molecular complexity index is 566. The average molecular weight is 295 g/mol. The minimum atomic E-state index is -2.57. The Morgan fingerprint density at radius 2 is 2.29 bits per heavy atom. The van der Waals surface area contributed by atoms with Crippen LogP contribution >= 0.6 is 0 Å². The van der Waals surface area contributed by atoms with Crippen LogP contribution in [0.15, 0.2) is 6.07 Å². The van der Waals surface area contributed by atoms with E-state index in [0.717, 1.165) is 36.3 Å². The van der Waals surface area contributed by atoms with Crippen molar-refractivity contribution < 1.29 is 13.6 Å². The van der Waals surface area contributed by atoms with Crippen LogP contribution in [0.3, 0.4) is 0 Å². The van der Waals surface area contributed by atoms with E-state index in [1.807, 2.05) is 13.0 Å². The van der Waals surface area contributed by atoms with Crippen molar-refractivity contribution in [3.05, 3.63) is 17.3 Å². The van der Waals surface area contributed by atoms with Crippen molar-refractivity contribution in [2.24, 2.45) is 5.92 Å². The summed E-state index contributed by atoms with van der Waals surface area (Å²) in [5, 5.41) is 6.05. The number of halogens is 2. The monoisotopic (exact) mass is 295 g/mol. The Labute approximate surface area is 122 Å². The summed E-state index contributed by atoms with van der Waals surface area (Å²) >= 11 is 0. The second-order valence-electron chi connectivity index (χ2n) is 6.06. The number of carbonyl (C=O) groups excluding carboxylic acids is 1. The Morgan fingerprint density at radius 3 is 3.00 bits per heavy atom. The molecule has 0 bridgehead atoms. The fourth-order valence-electron chi connectivity index (χ4n) is 2.98. The van der Waals surface area contributed by atoms with Crippen LogP contribution in [0.2, 0.25) is 0 Å². The lowest BCUT2D eigenvalue weighted by molar-refractivity contribution is -0.129. The van der Waals surface area contributed by atoms with E-state index < -0.39 is 5.92 Å². The summed E-state index contributed by atoms with van der Waals surface area (Å²) in [4.78, 5) is 16.4. The summed E-state index contributed by atoms with van der Waals surface area (Å²) in [5.74, 6) is -2.46. The molecule has 1 aliphatic carbocycles. The van der Waals surface area contributed by atoms with Gasteiger partial charge >= 0.3 is 0 Å². The topological polar surface area (TPSA) is 54.0 Å². The van der Waals surface area contributed by atoms with Gasteiger partial charge in [0.1, 0.15) is 5.82 Å². The van der Waals surface area contributed by atoms with Crippen LogP contribution in [0.4, 0.5) is 20.3 Å². The van der Waals surface area contributed by atoms with E-state index in [0.29, 0.717) is 5.82 Å². The van der Waals surface area contributed by atoms with Crippen LogP contribution in [0, 0.1) is 12.8 Å². The third-order valence-corrected chi connectivity index (χ3v) is 4.10. The zero-order chi connectivity index (χ0) is 15.0. The molecule has 2 heterocycles. The maximum atomic E-state index is 12.8. The maximum absolute atomic E-state index is 12.8. The summed E-state index contributed by atoms with van der Waals surface area (Å²) in [6.45, 7) is 2.83. The lowest BCUT2D eigenvalue weighted by atomic mass is 9.79. The summed E-state index contributed by atoms with van der Waals surface area (Å²) < 4.78 is 25.5. The zero-order valence-corrected chi connectivity index (χ0v) is 12.0. The van der Waals surface area contributed by atoms with E-state index in [4.69, 9.17) is 0 Å². The number of aromatic nitrogens is 1. The van der Waals surface area contributed by atoms with E-state index in [2.05, 4.69) is 15.6 Å². The molecule has 1 aromatic rings. The highest BCUT2D eigenvalue weighted by molar-refractivity contribution is 5.91. The van der Waals surface area contributed by atoms with Crippen molar-refractivity contribution in [3.63, 3.8) is 0 Å². The molecule has 1 amide bonds. The van der Waals surface area contributed by atoms with Gasteiger partial charge in [-0.25, -0.2) is 13.8 Å². The van der Waals surface area contributed by atoms with Gasteiger partial charge < -0.3 is 10.6 Å². The highest BCUT2D eigenvalue weighted by Gasteiger charge is 2.45. The van der Waals surface area contributed by atoms with E-state index in [9.17, 15) is 13.6 Å². The minimum absolute atomic E-state index is 0.145. The number of pyridine rings is 1. The molecule has 21 heavy (non-hydrogen) atoms. The number of carbonyl (C=O) groups is 1. The molecule has 6 heteroatoms. The van der Waals surface area contributed by atoms with Gasteiger partial charge in [-0.2, -0.15) is 0 Å². The minimum Gasteiger partial charge on any atom is -0.384 e. The Balaban J connectivity index is 1.63. The van der Waals surface area contributed by atoms with Gasteiger partial charge in [0.25, 0.3) is 0 Å². The molecule has 2 aliphatic rings. The van der Waals surface area contributed by atoms with Gasteiger partial charge in [-0.15, -0.1) is 0 Å². The predicted octanol–water partition coefficient (Wildman–Crippen LogP) is 3.12. The smallest absolute Gasteiger partial charge is 0.248 e. The quantitative estimate of drug-likeness (QED) is 0.901. The van der Waals surface area contributed by atoms with Gasteiger partial charge in [-0.1, -0.05) is 0 Å². The lowest BCUT2D eigenvalue weighted by Gasteiger charge is -2.34. The number of hydrogen-bond acceptors (Lipinski definition) is 3. The number of rotatable bonds is 3. The molecule has 0 spiro atoms. The molecule has 4 nitrogen and oxygen atoms in total. The van der Waals surface area contributed by atoms with Crippen molar-refractivity contribution in [3.8, 4) is 0 Å². The maximum Gasteiger partial charge on any atom is 0.248 e. The summed E-state index contributed by atoms with van der Waals surface area (Å²) in [6.07, 6.45) is 1.70. The molecule has 0 unspecified atom stereocenters. The van der Waals surface area contributed by atoms with Crippen molar-refractivity contribution in [1.82, 2.24) is 4.98 Å². The predicted molar refractivity (Wildman–Crippen MR) is 76.7 cm³/mol. The number of hydrogen-bond donors (Lipinski definition) is 2. The molecule has 1 aliphatic heterocycles. The summed E-state index contributed by atoms with van der Waals surface area (Å²) in [5.41, 5.74) is 2.86. The third-order valence-electron chi connectivity index (χ3n) is 4.10. The van der Waals surface area contributed by atoms with Crippen molar-refractivity contribution in [2.45, 2.75) is 45.0 Å². The number of nitrogens with one attached hydrogen (secondary N) is 2. The molecule has 0 radical (unpaired) electrons. The molecule has 114 valence electrons. The number of aryl methyl sites for hydroxylation is 2. The van der Waals surface area contributed by atoms with E-state index in [1.54, 1.807) is 0 Å². The second-order valence-corrected chi connectivity index (χ2v) is 6.06. The number of nitrogens with zero attached hydrogens (tertiary/aromatic N) is 1. The van der Waals surface area contributed by atoms with Crippen LogP contribution < -0.4 is 10.6 Å². The largest absolute Gasteiger partial charge is 0.384 e. The first-order valence-electron chi connectivity index (χ1n) is 7.35. The molecule has 2 N–H and O–H groups in total.